The molecule has 0 unspecified atom stereocenters. The Morgan fingerprint density at radius 2 is 2.08 bits per heavy atom. The fourth-order valence-electron chi connectivity index (χ4n) is 4.93. The molecule has 3 aliphatic heterocycles. The van der Waals surface area contributed by atoms with Gasteiger partial charge in [-0.3, -0.25) is 4.79 Å². The first kappa shape index (κ1) is 23.9. The molecule has 0 radical (unpaired) electrons. The minimum Gasteiger partial charge on any atom is -0.478 e. The lowest BCUT2D eigenvalue weighted by atomic mass is 9.77. The number of hydrogen-bond donors (Lipinski definition) is 2. The van der Waals surface area contributed by atoms with Gasteiger partial charge in [0.1, 0.15) is 22.8 Å². The number of benzene rings is 1. The van der Waals surface area contributed by atoms with Gasteiger partial charge in [-0.2, -0.15) is 0 Å². The average molecular weight is 518 g/mol. The van der Waals surface area contributed by atoms with Gasteiger partial charge in [-0.25, -0.2) is 19.4 Å². The number of carbonyl (C=O) groups is 1. The van der Waals surface area contributed by atoms with E-state index >= 15 is 0 Å². The Hall–Kier alpha value is -4.51. The predicted molar refractivity (Wildman–Crippen MR) is 136 cm³/mol. The van der Waals surface area contributed by atoms with E-state index in [0.717, 1.165) is 23.0 Å². The number of halogens is 1. The van der Waals surface area contributed by atoms with Gasteiger partial charge in [-0.1, -0.05) is 6.08 Å². The van der Waals surface area contributed by atoms with Crippen LogP contribution in [0.2, 0.25) is 0 Å². The Morgan fingerprint density at radius 1 is 1.18 bits per heavy atom. The number of nitrogens with one attached hydrogen (secondary N) is 1. The third-order valence-corrected chi connectivity index (χ3v) is 6.74. The van der Waals surface area contributed by atoms with Gasteiger partial charge in [0.2, 0.25) is 0 Å². The zero-order chi connectivity index (χ0) is 26.3. The highest BCUT2D eigenvalue weighted by molar-refractivity contribution is 6.03. The smallest absolute Gasteiger partial charge is 0.283 e. The highest BCUT2D eigenvalue weighted by atomic mass is 19.1. The minimum atomic E-state index is -0.975. The highest BCUT2D eigenvalue weighted by Crippen LogP contribution is 2.55. The lowest BCUT2D eigenvalue weighted by Gasteiger charge is -2.39. The lowest BCUT2D eigenvalue weighted by Crippen LogP contribution is -2.39. The SMILES string of the molecule is COc1nc(C2=CCOCC2)cc2c1Oc1ccc(NC(=O)c3ccc(F)cn3)cc1[C@@]21CCOC(N)=N1. The van der Waals surface area contributed by atoms with Gasteiger partial charge in [-0.15, -0.1) is 0 Å². The molecule has 6 rings (SSSR count). The number of aliphatic imine (C=N–C) groups is 1. The number of ether oxygens (including phenoxy) is 4. The van der Waals surface area contributed by atoms with E-state index in [0.29, 0.717) is 61.3 Å². The molecule has 5 heterocycles. The van der Waals surface area contributed by atoms with Crippen molar-refractivity contribution in [2.45, 2.75) is 18.4 Å². The van der Waals surface area contributed by atoms with Crippen molar-refractivity contribution in [3.63, 3.8) is 0 Å². The Morgan fingerprint density at radius 3 is 2.82 bits per heavy atom. The summed E-state index contributed by atoms with van der Waals surface area (Å²) in [6, 6.07) is 9.73. The molecule has 38 heavy (non-hydrogen) atoms. The van der Waals surface area contributed by atoms with E-state index in [4.69, 9.17) is 34.7 Å². The number of nitrogens with two attached hydrogens (primary N) is 1. The molecule has 194 valence electrons. The maximum atomic E-state index is 13.3. The van der Waals surface area contributed by atoms with Gasteiger partial charge in [-0.05, 0) is 48.4 Å². The topological polar surface area (TPSA) is 130 Å². The van der Waals surface area contributed by atoms with E-state index in [9.17, 15) is 9.18 Å². The average Bonchev–Trinajstić information content (AvgIpc) is 2.94. The number of rotatable bonds is 4. The van der Waals surface area contributed by atoms with Crippen LogP contribution in [-0.4, -0.2) is 48.8 Å². The summed E-state index contributed by atoms with van der Waals surface area (Å²) in [4.78, 5) is 26.2. The van der Waals surface area contributed by atoms with Gasteiger partial charge in [0.25, 0.3) is 17.8 Å². The van der Waals surface area contributed by atoms with Crippen LogP contribution in [0.3, 0.4) is 0 Å². The molecule has 3 aliphatic rings. The van der Waals surface area contributed by atoms with Crippen LogP contribution in [-0.2, 0) is 15.0 Å². The summed E-state index contributed by atoms with van der Waals surface area (Å²) in [5.41, 5.74) is 8.91. The van der Waals surface area contributed by atoms with Gasteiger partial charge in [0.05, 0.1) is 38.8 Å². The van der Waals surface area contributed by atoms with Crippen LogP contribution >= 0.6 is 0 Å². The molecular formula is C27H24FN5O5. The standard InChI is InChI=1S/C27H24FN5O5/c1-35-25-23-19(13-21(32-25)15-6-9-36-10-7-15)27(8-11-37-26(29)33-27)18-12-17(3-5-22(18)38-23)31-24(34)20-4-2-16(28)14-30-20/h2-6,12-14H,7-11H2,1H3,(H2,29,33)(H,31,34)/t27-/m0/s1. The molecule has 11 heteroatoms. The normalized spacial score (nSPS) is 19.7. The summed E-state index contributed by atoms with van der Waals surface area (Å²) in [7, 11) is 1.54. The Bertz CT molecular complexity index is 1490. The largest absolute Gasteiger partial charge is 0.478 e. The number of amides is 1. The third-order valence-electron chi connectivity index (χ3n) is 6.74. The van der Waals surface area contributed by atoms with Crippen molar-refractivity contribution in [2.75, 3.05) is 32.2 Å². The molecule has 1 atom stereocenters. The molecule has 10 nitrogen and oxygen atoms in total. The maximum Gasteiger partial charge on any atom is 0.283 e. The predicted octanol–water partition coefficient (Wildman–Crippen LogP) is 3.76. The van der Waals surface area contributed by atoms with Crippen molar-refractivity contribution < 1.29 is 28.1 Å². The molecule has 0 saturated heterocycles. The third kappa shape index (κ3) is 4.10. The van der Waals surface area contributed by atoms with Crippen molar-refractivity contribution in [3.8, 4) is 17.4 Å². The van der Waals surface area contributed by atoms with Crippen LogP contribution in [0.15, 0.2) is 53.7 Å². The molecular weight excluding hydrogens is 493 g/mol. The first-order chi connectivity index (χ1) is 18.5. The van der Waals surface area contributed by atoms with Crippen LogP contribution in [0.4, 0.5) is 10.1 Å². The van der Waals surface area contributed by atoms with E-state index in [2.05, 4.69) is 10.3 Å². The molecule has 1 spiro atoms. The summed E-state index contributed by atoms with van der Waals surface area (Å²) >= 11 is 0. The second kappa shape index (κ2) is 9.42. The zero-order valence-electron chi connectivity index (χ0n) is 20.5. The summed E-state index contributed by atoms with van der Waals surface area (Å²) in [6.07, 6.45) is 4.17. The fourth-order valence-corrected chi connectivity index (χ4v) is 4.93. The summed E-state index contributed by atoms with van der Waals surface area (Å²) in [5, 5.41) is 2.82. The van der Waals surface area contributed by atoms with Crippen LogP contribution in [0.25, 0.3) is 5.57 Å². The molecule has 1 aromatic carbocycles. The number of nitrogens with zero attached hydrogens (tertiary/aromatic N) is 3. The molecule has 1 amide bonds. The molecule has 0 saturated carbocycles. The van der Waals surface area contributed by atoms with E-state index < -0.39 is 17.3 Å². The van der Waals surface area contributed by atoms with Crippen LogP contribution in [0.1, 0.15) is 40.2 Å². The van der Waals surface area contributed by atoms with Crippen molar-refractivity contribution in [1.29, 1.82) is 0 Å². The van der Waals surface area contributed by atoms with Crippen molar-refractivity contribution in [2.24, 2.45) is 10.7 Å². The molecule has 0 fully saturated rings. The number of methoxy groups -OCH3 is 1. The summed E-state index contributed by atoms with van der Waals surface area (Å²) < 4.78 is 36.2. The highest BCUT2D eigenvalue weighted by Gasteiger charge is 2.46. The van der Waals surface area contributed by atoms with E-state index in [1.807, 2.05) is 12.1 Å². The summed E-state index contributed by atoms with van der Waals surface area (Å²) in [6.45, 7) is 1.43. The van der Waals surface area contributed by atoms with Crippen molar-refractivity contribution in [1.82, 2.24) is 9.97 Å². The monoisotopic (exact) mass is 517 g/mol. The van der Waals surface area contributed by atoms with Crippen molar-refractivity contribution >= 4 is 23.2 Å². The number of hydrogen-bond acceptors (Lipinski definition) is 9. The number of anilines is 1. The molecule has 3 N–H and O–H groups in total. The second-order valence-electron chi connectivity index (χ2n) is 8.99. The van der Waals surface area contributed by atoms with Crippen LogP contribution in [0.5, 0.6) is 17.4 Å². The van der Waals surface area contributed by atoms with E-state index in [1.165, 1.54) is 12.1 Å². The number of pyridine rings is 2. The van der Waals surface area contributed by atoms with Crippen LogP contribution < -0.4 is 20.5 Å². The molecule has 3 aromatic rings. The number of fused-ring (bicyclic) bond motifs is 4. The number of carbonyl (C=O) groups excluding carboxylic acids is 1. The first-order valence-corrected chi connectivity index (χ1v) is 12.1. The lowest BCUT2D eigenvalue weighted by molar-refractivity contribution is 0.102. The van der Waals surface area contributed by atoms with Crippen LogP contribution in [0, 0.1) is 5.82 Å². The van der Waals surface area contributed by atoms with Crippen molar-refractivity contribution in [3.05, 3.63) is 77.0 Å². The van der Waals surface area contributed by atoms with Gasteiger partial charge >= 0.3 is 0 Å². The van der Waals surface area contributed by atoms with Gasteiger partial charge < -0.3 is 30.0 Å². The Kier molecular flexibility index (Phi) is 5.91. The Balaban J connectivity index is 1.47. The number of amidine groups is 1. The maximum absolute atomic E-state index is 13.3. The minimum absolute atomic E-state index is 0.0441. The second-order valence-corrected chi connectivity index (χ2v) is 8.99. The fraction of sp³-hybridized carbons (Fsp3) is 0.259. The molecule has 0 bridgehead atoms. The quantitative estimate of drug-likeness (QED) is 0.535. The number of aromatic nitrogens is 2. The molecule has 2 aromatic heterocycles. The summed E-state index contributed by atoms with van der Waals surface area (Å²) in [5.74, 6) is 0.290. The first-order valence-electron chi connectivity index (χ1n) is 12.1. The molecule has 0 aliphatic carbocycles. The Labute approximate surface area is 217 Å². The van der Waals surface area contributed by atoms with E-state index in [-0.39, 0.29) is 11.7 Å². The zero-order valence-corrected chi connectivity index (χ0v) is 20.5. The van der Waals surface area contributed by atoms with Gasteiger partial charge in [0.15, 0.2) is 5.75 Å². The van der Waals surface area contributed by atoms with E-state index in [1.54, 1.807) is 25.3 Å². The van der Waals surface area contributed by atoms with Gasteiger partial charge in [0, 0.05) is 23.2 Å².